The number of carbonyl (C=O) groups is 2. The highest BCUT2D eigenvalue weighted by molar-refractivity contribution is 5.95. The van der Waals surface area contributed by atoms with Crippen LogP contribution in [0, 0.1) is 5.92 Å². The minimum atomic E-state index is -1.15. The van der Waals surface area contributed by atoms with E-state index >= 15 is 0 Å². The second-order valence-corrected chi connectivity index (χ2v) is 5.02. The van der Waals surface area contributed by atoms with Gasteiger partial charge in [-0.25, -0.2) is 4.79 Å². The molecule has 2 N–H and O–H groups in total. The quantitative estimate of drug-likeness (QED) is 0.795. The summed E-state index contributed by atoms with van der Waals surface area (Å²) in [6.07, 6.45) is 4.75. The number of rotatable bonds is 5. The molecule has 1 aromatic rings. The molecule has 0 aliphatic heterocycles. The first-order valence-electron chi connectivity index (χ1n) is 6.31. The number of amides is 1. The smallest absolute Gasteiger partial charge is 0.329 e. The van der Waals surface area contributed by atoms with Gasteiger partial charge in [-0.1, -0.05) is 30.3 Å². The van der Waals surface area contributed by atoms with Crippen molar-refractivity contribution in [2.45, 2.75) is 25.3 Å². The van der Waals surface area contributed by atoms with E-state index in [1.165, 1.54) is 6.08 Å². The average Bonchev–Trinajstić information content (AvgIpc) is 3.22. The molecular formula is C15H17NO3. The molecule has 1 atom stereocenters. The van der Waals surface area contributed by atoms with Crippen molar-refractivity contribution in [2.75, 3.05) is 0 Å². The summed E-state index contributed by atoms with van der Waals surface area (Å²) in [7, 11) is 0. The molecule has 1 saturated carbocycles. The molecule has 1 aliphatic carbocycles. The highest BCUT2D eigenvalue weighted by Crippen LogP contribution is 2.39. The maximum Gasteiger partial charge on any atom is 0.329 e. The third-order valence-corrected chi connectivity index (χ3v) is 3.45. The molecule has 1 aliphatic rings. The fraction of sp³-hybridized carbons (Fsp3) is 0.333. The lowest BCUT2D eigenvalue weighted by Gasteiger charge is -2.25. The van der Waals surface area contributed by atoms with Crippen LogP contribution in [0.15, 0.2) is 36.4 Å². The summed E-state index contributed by atoms with van der Waals surface area (Å²) in [5.41, 5.74) is -0.251. The molecule has 100 valence electrons. The molecule has 4 heteroatoms. The van der Waals surface area contributed by atoms with Crippen LogP contribution in [0.25, 0.3) is 6.08 Å². The van der Waals surface area contributed by atoms with Crippen molar-refractivity contribution < 1.29 is 14.7 Å². The van der Waals surface area contributed by atoms with Gasteiger partial charge in [0.1, 0.15) is 5.54 Å². The minimum Gasteiger partial charge on any atom is -0.480 e. The van der Waals surface area contributed by atoms with E-state index in [4.69, 9.17) is 0 Å². The lowest BCUT2D eigenvalue weighted by atomic mass is 9.96. The van der Waals surface area contributed by atoms with E-state index in [0.717, 1.165) is 18.4 Å². The molecule has 1 unspecified atom stereocenters. The van der Waals surface area contributed by atoms with Crippen molar-refractivity contribution in [3.05, 3.63) is 42.0 Å². The zero-order valence-electron chi connectivity index (χ0n) is 10.8. The van der Waals surface area contributed by atoms with Crippen LogP contribution in [-0.2, 0) is 9.59 Å². The van der Waals surface area contributed by atoms with Gasteiger partial charge >= 0.3 is 5.97 Å². The van der Waals surface area contributed by atoms with Crippen LogP contribution in [0.3, 0.4) is 0 Å². The Balaban J connectivity index is 2.01. The molecule has 1 amide bonds. The van der Waals surface area contributed by atoms with Crippen molar-refractivity contribution >= 4 is 18.0 Å². The fourth-order valence-electron chi connectivity index (χ4n) is 2.02. The first-order chi connectivity index (χ1) is 9.02. The van der Waals surface area contributed by atoms with E-state index < -0.39 is 11.5 Å². The van der Waals surface area contributed by atoms with E-state index in [0.29, 0.717) is 0 Å². The zero-order valence-corrected chi connectivity index (χ0v) is 10.8. The minimum absolute atomic E-state index is 0.0408. The van der Waals surface area contributed by atoms with Crippen LogP contribution in [0.2, 0.25) is 0 Å². The lowest BCUT2D eigenvalue weighted by molar-refractivity contribution is -0.147. The molecule has 0 bridgehead atoms. The Hall–Kier alpha value is -2.10. The molecular weight excluding hydrogens is 242 g/mol. The molecule has 2 rings (SSSR count). The summed E-state index contributed by atoms with van der Waals surface area (Å²) in [4.78, 5) is 23.1. The van der Waals surface area contributed by atoms with Crippen molar-refractivity contribution in [1.29, 1.82) is 0 Å². The van der Waals surface area contributed by atoms with Crippen LogP contribution in [0.1, 0.15) is 25.3 Å². The van der Waals surface area contributed by atoms with Crippen molar-refractivity contribution in [2.24, 2.45) is 5.92 Å². The Labute approximate surface area is 112 Å². The van der Waals surface area contributed by atoms with Crippen LogP contribution in [-0.4, -0.2) is 22.5 Å². The Bertz CT molecular complexity index is 505. The second kappa shape index (κ2) is 5.26. The number of aliphatic carboxylic acids is 1. The molecule has 1 fully saturated rings. The number of carboxylic acids is 1. The summed E-state index contributed by atoms with van der Waals surface area (Å²) in [5.74, 6) is -1.31. The number of benzene rings is 1. The van der Waals surface area contributed by atoms with E-state index in [9.17, 15) is 14.7 Å². The SMILES string of the molecule is CC(NC(=O)/C=C/c1ccccc1)(C(=O)O)C1CC1. The number of nitrogens with one attached hydrogen (secondary N) is 1. The monoisotopic (exact) mass is 259 g/mol. The largest absolute Gasteiger partial charge is 0.480 e. The molecule has 4 nitrogen and oxygen atoms in total. The predicted molar refractivity (Wildman–Crippen MR) is 72.4 cm³/mol. The predicted octanol–water partition coefficient (Wildman–Crippen LogP) is 2.07. The lowest BCUT2D eigenvalue weighted by Crippen LogP contribution is -2.53. The van der Waals surface area contributed by atoms with Gasteiger partial charge in [-0.15, -0.1) is 0 Å². The van der Waals surface area contributed by atoms with Gasteiger partial charge in [0, 0.05) is 6.08 Å². The number of carbonyl (C=O) groups excluding carboxylic acids is 1. The first-order valence-corrected chi connectivity index (χ1v) is 6.31. The van der Waals surface area contributed by atoms with E-state index in [1.54, 1.807) is 13.0 Å². The van der Waals surface area contributed by atoms with Crippen molar-refractivity contribution in [3.63, 3.8) is 0 Å². The Morgan fingerprint density at radius 3 is 2.47 bits per heavy atom. The molecule has 19 heavy (non-hydrogen) atoms. The zero-order chi connectivity index (χ0) is 13.9. The third-order valence-electron chi connectivity index (χ3n) is 3.45. The van der Waals surface area contributed by atoms with Gasteiger partial charge < -0.3 is 10.4 Å². The van der Waals surface area contributed by atoms with Gasteiger partial charge in [0.2, 0.25) is 5.91 Å². The molecule has 0 aromatic heterocycles. The summed E-state index contributed by atoms with van der Waals surface area (Å²) in [5, 5.41) is 11.8. The highest BCUT2D eigenvalue weighted by Gasteiger charge is 2.48. The topological polar surface area (TPSA) is 66.4 Å². The first kappa shape index (κ1) is 13.3. The van der Waals surface area contributed by atoms with Crippen molar-refractivity contribution in [3.8, 4) is 0 Å². The molecule has 0 heterocycles. The number of hydrogen-bond acceptors (Lipinski definition) is 2. The van der Waals surface area contributed by atoms with Crippen LogP contribution in [0.4, 0.5) is 0 Å². The summed E-state index contributed by atoms with van der Waals surface area (Å²) in [6.45, 7) is 1.57. The average molecular weight is 259 g/mol. The van der Waals surface area contributed by atoms with Crippen LogP contribution < -0.4 is 5.32 Å². The maximum absolute atomic E-state index is 11.8. The normalized spacial score (nSPS) is 17.9. The molecule has 0 spiro atoms. The fourth-order valence-corrected chi connectivity index (χ4v) is 2.02. The number of carboxylic acid groups (broad SMARTS) is 1. The van der Waals surface area contributed by atoms with Gasteiger partial charge in [0.15, 0.2) is 0 Å². The van der Waals surface area contributed by atoms with Gasteiger partial charge in [-0.3, -0.25) is 4.79 Å². The van der Waals surface area contributed by atoms with Gasteiger partial charge in [-0.05, 0) is 37.3 Å². The number of hydrogen-bond donors (Lipinski definition) is 2. The third kappa shape index (κ3) is 3.22. The summed E-state index contributed by atoms with van der Waals surface area (Å²) >= 11 is 0. The van der Waals surface area contributed by atoms with Crippen molar-refractivity contribution in [1.82, 2.24) is 5.32 Å². The van der Waals surface area contributed by atoms with Gasteiger partial charge in [-0.2, -0.15) is 0 Å². The second-order valence-electron chi connectivity index (χ2n) is 5.02. The highest BCUT2D eigenvalue weighted by atomic mass is 16.4. The Morgan fingerprint density at radius 1 is 1.32 bits per heavy atom. The summed E-state index contributed by atoms with van der Waals surface area (Å²) in [6, 6.07) is 9.40. The molecule has 1 aromatic carbocycles. The molecule has 0 radical (unpaired) electrons. The summed E-state index contributed by atoms with van der Waals surface area (Å²) < 4.78 is 0. The van der Waals surface area contributed by atoms with E-state index in [2.05, 4.69) is 5.32 Å². The molecule has 0 saturated heterocycles. The van der Waals surface area contributed by atoms with Crippen LogP contribution >= 0.6 is 0 Å². The Morgan fingerprint density at radius 2 is 1.95 bits per heavy atom. The van der Waals surface area contributed by atoms with E-state index in [1.807, 2.05) is 30.3 Å². The van der Waals surface area contributed by atoms with Crippen LogP contribution in [0.5, 0.6) is 0 Å². The Kier molecular flexibility index (Phi) is 3.69. The van der Waals surface area contributed by atoms with E-state index in [-0.39, 0.29) is 11.8 Å². The van der Waals surface area contributed by atoms with Gasteiger partial charge in [0.25, 0.3) is 0 Å². The standard InChI is InChI=1S/C15H17NO3/c1-15(14(18)19,12-8-9-12)16-13(17)10-7-11-5-3-2-4-6-11/h2-7,10,12H,8-9H2,1H3,(H,16,17)(H,18,19)/b10-7+. The van der Waals surface area contributed by atoms with Gasteiger partial charge in [0.05, 0.1) is 0 Å². The maximum atomic E-state index is 11.8.